The Kier molecular flexibility index (Phi) is 7.38. The number of hydrogen-bond acceptors (Lipinski definition) is 4. The minimum absolute atomic E-state index is 0.134. The van der Waals surface area contributed by atoms with Gasteiger partial charge in [-0.3, -0.25) is 15.0 Å². The van der Waals surface area contributed by atoms with Crippen molar-refractivity contribution in [3.8, 4) is 0 Å². The van der Waals surface area contributed by atoms with Crippen LogP contribution in [-0.4, -0.2) is 42.6 Å². The molecule has 29 heavy (non-hydrogen) atoms. The van der Waals surface area contributed by atoms with Gasteiger partial charge in [-0.05, 0) is 43.9 Å². The van der Waals surface area contributed by atoms with E-state index in [2.05, 4.69) is 10.6 Å². The number of nitrogens with zero attached hydrogens (tertiary/aromatic N) is 1. The van der Waals surface area contributed by atoms with Gasteiger partial charge in [0.05, 0.1) is 12.6 Å². The number of anilines is 1. The van der Waals surface area contributed by atoms with E-state index in [1.54, 1.807) is 0 Å². The van der Waals surface area contributed by atoms with Crippen LogP contribution in [0.25, 0.3) is 0 Å². The van der Waals surface area contributed by atoms with Gasteiger partial charge in [0.25, 0.3) is 0 Å². The van der Waals surface area contributed by atoms with Crippen molar-refractivity contribution in [2.24, 2.45) is 0 Å². The van der Waals surface area contributed by atoms with Crippen molar-refractivity contribution in [1.82, 2.24) is 10.2 Å². The highest BCUT2D eigenvalue weighted by atomic mass is 16.5. The first-order valence-corrected chi connectivity index (χ1v) is 10.1. The van der Waals surface area contributed by atoms with Crippen LogP contribution in [-0.2, 0) is 16.1 Å². The molecular formula is C23H29N3O3. The molecule has 0 spiro atoms. The van der Waals surface area contributed by atoms with Crippen LogP contribution in [0.15, 0.2) is 48.5 Å². The second-order valence-corrected chi connectivity index (χ2v) is 7.61. The Morgan fingerprint density at radius 2 is 1.93 bits per heavy atom. The zero-order chi connectivity index (χ0) is 20.6. The van der Waals surface area contributed by atoms with Crippen molar-refractivity contribution in [3.63, 3.8) is 0 Å². The van der Waals surface area contributed by atoms with E-state index in [1.807, 2.05) is 67.3 Å². The van der Waals surface area contributed by atoms with Crippen molar-refractivity contribution in [1.29, 1.82) is 0 Å². The summed E-state index contributed by atoms with van der Waals surface area (Å²) in [5.41, 5.74) is 3.89. The highest BCUT2D eigenvalue weighted by Gasteiger charge is 2.21. The average Bonchev–Trinajstić information content (AvgIpc) is 3.17. The van der Waals surface area contributed by atoms with E-state index < -0.39 is 6.03 Å². The van der Waals surface area contributed by atoms with Gasteiger partial charge in [0.15, 0.2) is 0 Å². The molecule has 1 aliphatic heterocycles. The van der Waals surface area contributed by atoms with E-state index in [-0.39, 0.29) is 18.6 Å². The molecule has 2 aromatic carbocycles. The molecule has 0 saturated carbocycles. The quantitative estimate of drug-likeness (QED) is 0.751. The third-order valence-corrected chi connectivity index (χ3v) is 4.99. The summed E-state index contributed by atoms with van der Waals surface area (Å²) < 4.78 is 5.73. The molecule has 6 nitrogen and oxygen atoms in total. The Balaban J connectivity index is 1.56. The van der Waals surface area contributed by atoms with E-state index in [1.165, 1.54) is 0 Å². The van der Waals surface area contributed by atoms with Crippen LogP contribution in [0.3, 0.4) is 0 Å². The number of amides is 3. The van der Waals surface area contributed by atoms with Gasteiger partial charge in [0.1, 0.15) is 0 Å². The Morgan fingerprint density at radius 1 is 1.14 bits per heavy atom. The molecule has 0 aromatic heterocycles. The van der Waals surface area contributed by atoms with Crippen molar-refractivity contribution < 1.29 is 14.3 Å². The number of benzene rings is 2. The molecule has 1 heterocycles. The van der Waals surface area contributed by atoms with Crippen LogP contribution in [0.2, 0.25) is 0 Å². The largest absolute Gasteiger partial charge is 0.377 e. The number of ether oxygens (including phenoxy) is 1. The number of carbonyl (C=O) groups excluding carboxylic acids is 2. The summed E-state index contributed by atoms with van der Waals surface area (Å²) in [4.78, 5) is 26.8. The third kappa shape index (κ3) is 6.69. The monoisotopic (exact) mass is 395 g/mol. The summed E-state index contributed by atoms with van der Waals surface area (Å²) in [6.07, 6.45) is 2.18. The Labute approximate surface area is 172 Å². The summed E-state index contributed by atoms with van der Waals surface area (Å²) in [6.45, 7) is 6.13. The predicted molar refractivity (Wildman–Crippen MR) is 114 cm³/mol. The third-order valence-electron chi connectivity index (χ3n) is 4.99. The standard InChI is InChI=1S/C23H29N3O3/c1-17-10-11-21(18(2)13-17)24-23(28)25-22(27)16-26(15-20-9-6-12-29-20)14-19-7-4-3-5-8-19/h3-5,7-8,10-11,13,20H,6,9,12,14-16H2,1-2H3,(H2,24,25,27,28). The van der Waals surface area contributed by atoms with Crippen molar-refractivity contribution >= 4 is 17.6 Å². The van der Waals surface area contributed by atoms with Crippen LogP contribution >= 0.6 is 0 Å². The molecule has 1 aliphatic rings. The number of imide groups is 1. The predicted octanol–water partition coefficient (Wildman–Crippen LogP) is 3.63. The van der Waals surface area contributed by atoms with Gasteiger partial charge in [0.2, 0.25) is 5.91 Å². The molecule has 2 aromatic rings. The minimum Gasteiger partial charge on any atom is -0.377 e. The van der Waals surface area contributed by atoms with E-state index in [4.69, 9.17) is 4.74 Å². The minimum atomic E-state index is -0.515. The van der Waals surface area contributed by atoms with Crippen LogP contribution in [0.4, 0.5) is 10.5 Å². The fraction of sp³-hybridized carbons (Fsp3) is 0.391. The fourth-order valence-corrected chi connectivity index (χ4v) is 3.58. The van der Waals surface area contributed by atoms with E-state index in [0.717, 1.165) is 36.1 Å². The molecule has 1 atom stereocenters. The molecular weight excluding hydrogens is 366 g/mol. The molecule has 0 bridgehead atoms. The number of nitrogens with one attached hydrogen (secondary N) is 2. The maximum absolute atomic E-state index is 12.5. The average molecular weight is 396 g/mol. The van der Waals surface area contributed by atoms with Gasteiger partial charge in [-0.1, -0.05) is 48.0 Å². The maximum Gasteiger partial charge on any atom is 0.325 e. The zero-order valence-corrected chi connectivity index (χ0v) is 17.1. The Hall–Kier alpha value is -2.70. The molecule has 1 unspecified atom stereocenters. The van der Waals surface area contributed by atoms with E-state index in [9.17, 15) is 9.59 Å². The lowest BCUT2D eigenvalue weighted by Crippen LogP contribution is -2.43. The number of aryl methyl sites for hydroxylation is 2. The topological polar surface area (TPSA) is 70.7 Å². The highest BCUT2D eigenvalue weighted by Crippen LogP contribution is 2.16. The Morgan fingerprint density at radius 3 is 2.62 bits per heavy atom. The smallest absolute Gasteiger partial charge is 0.325 e. The summed E-state index contributed by atoms with van der Waals surface area (Å²) in [7, 11) is 0. The number of hydrogen-bond donors (Lipinski definition) is 2. The molecule has 2 N–H and O–H groups in total. The summed E-state index contributed by atoms with van der Waals surface area (Å²) in [5, 5.41) is 5.19. The first kappa shape index (κ1) is 21.0. The summed E-state index contributed by atoms with van der Waals surface area (Å²) in [5.74, 6) is -0.332. The van der Waals surface area contributed by atoms with Gasteiger partial charge in [-0.15, -0.1) is 0 Å². The Bertz CT molecular complexity index is 833. The first-order chi connectivity index (χ1) is 14.0. The molecule has 6 heteroatoms. The highest BCUT2D eigenvalue weighted by molar-refractivity contribution is 6.02. The number of urea groups is 1. The van der Waals surface area contributed by atoms with Gasteiger partial charge in [0, 0.05) is 25.4 Å². The zero-order valence-electron chi connectivity index (χ0n) is 17.1. The number of rotatable bonds is 7. The summed E-state index contributed by atoms with van der Waals surface area (Å²) in [6, 6.07) is 15.2. The fourth-order valence-electron chi connectivity index (χ4n) is 3.58. The molecule has 3 rings (SSSR count). The van der Waals surface area contributed by atoms with Crippen molar-refractivity contribution in [3.05, 3.63) is 65.2 Å². The lowest BCUT2D eigenvalue weighted by atomic mass is 10.1. The molecule has 154 valence electrons. The SMILES string of the molecule is Cc1ccc(NC(=O)NC(=O)CN(Cc2ccccc2)CC2CCCO2)c(C)c1. The lowest BCUT2D eigenvalue weighted by molar-refractivity contribution is -0.121. The number of carbonyl (C=O) groups is 2. The lowest BCUT2D eigenvalue weighted by Gasteiger charge is -2.24. The van der Waals surface area contributed by atoms with Crippen molar-refractivity contribution in [2.45, 2.75) is 39.3 Å². The molecule has 0 radical (unpaired) electrons. The van der Waals surface area contributed by atoms with Crippen LogP contribution in [0, 0.1) is 13.8 Å². The van der Waals surface area contributed by atoms with E-state index >= 15 is 0 Å². The van der Waals surface area contributed by atoms with Gasteiger partial charge in [-0.2, -0.15) is 0 Å². The second-order valence-electron chi connectivity index (χ2n) is 7.61. The van der Waals surface area contributed by atoms with Gasteiger partial charge < -0.3 is 10.1 Å². The van der Waals surface area contributed by atoms with Gasteiger partial charge in [-0.25, -0.2) is 4.79 Å². The molecule has 0 aliphatic carbocycles. The summed E-state index contributed by atoms with van der Waals surface area (Å²) >= 11 is 0. The molecule has 3 amide bonds. The molecule has 1 fully saturated rings. The van der Waals surface area contributed by atoms with Gasteiger partial charge >= 0.3 is 6.03 Å². The van der Waals surface area contributed by atoms with Crippen LogP contribution in [0.1, 0.15) is 29.5 Å². The van der Waals surface area contributed by atoms with Crippen LogP contribution in [0.5, 0.6) is 0 Å². The van der Waals surface area contributed by atoms with Crippen molar-refractivity contribution in [2.75, 3.05) is 25.0 Å². The second kappa shape index (κ2) is 10.2. The van der Waals surface area contributed by atoms with E-state index in [0.29, 0.717) is 18.8 Å². The van der Waals surface area contributed by atoms with Crippen LogP contribution < -0.4 is 10.6 Å². The molecule has 1 saturated heterocycles. The maximum atomic E-state index is 12.5. The first-order valence-electron chi connectivity index (χ1n) is 10.1. The normalized spacial score (nSPS) is 16.0.